The van der Waals surface area contributed by atoms with Gasteiger partial charge in [0.25, 0.3) is 0 Å². The fourth-order valence-electron chi connectivity index (χ4n) is 2.70. The largest absolute Gasteiger partial charge is 0.467 e. The van der Waals surface area contributed by atoms with Crippen LogP contribution in [0.4, 0.5) is 4.79 Å². The predicted octanol–water partition coefficient (Wildman–Crippen LogP) is 3.59. The molecule has 5 nitrogen and oxygen atoms in total. The van der Waals surface area contributed by atoms with E-state index in [1.54, 1.807) is 18.4 Å². The highest BCUT2D eigenvalue weighted by molar-refractivity contribution is 5.75. The fraction of sp³-hybridized carbons (Fsp3) is 0.333. The Morgan fingerprint density at radius 2 is 2.26 bits per heavy atom. The Labute approximate surface area is 135 Å². The number of nitrogens with one attached hydrogen (secondary N) is 1. The number of furan rings is 1. The topological polar surface area (TPSA) is 69.3 Å². The van der Waals surface area contributed by atoms with Crippen LogP contribution in [-0.4, -0.2) is 17.0 Å². The van der Waals surface area contributed by atoms with E-state index in [0.717, 1.165) is 24.2 Å². The van der Waals surface area contributed by atoms with Crippen LogP contribution in [-0.2, 0) is 6.54 Å². The summed E-state index contributed by atoms with van der Waals surface area (Å²) in [5, 5.41) is 11.9. The van der Waals surface area contributed by atoms with Gasteiger partial charge < -0.3 is 14.6 Å². The molecular weight excluding hydrogens is 290 g/mol. The molecule has 1 aromatic carbocycles. The SMILES string of the molecule is C[C@H](c1ccco1)N(C(=O)NCc1cccc(C#N)c1)C1CC1. The van der Waals surface area contributed by atoms with Crippen molar-refractivity contribution in [3.05, 3.63) is 59.5 Å². The van der Waals surface area contributed by atoms with Crippen LogP contribution in [0.3, 0.4) is 0 Å². The molecule has 0 spiro atoms. The van der Waals surface area contributed by atoms with Gasteiger partial charge >= 0.3 is 6.03 Å². The van der Waals surface area contributed by atoms with Gasteiger partial charge in [-0.3, -0.25) is 0 Å². The molecule has 0 unspecified atom stereocenters. The van der Waals surface area contributed by atoms with Crippen LogP contribution in [0.2, 0.25) is 0 Å². The molecule has 1 aliphatic rings. The average Bonchev–Trinajstić information content (AvgIpc) is 3.24. The normalized spacial score (nSPS) is 14.8. The third-order valence-electron chi connectivity index (χ3n) is 4.05. The molecule has 1 saturated carbocycles. The lowest BCUT2D eigenvalue weighted by molar-refractivity contribution is 0.166. The van der Waals surface area contributed by atoms with Gasteiger partial charge in [0, 0.05) is 12.6 Å². The maximum absolute atomic E-state index is 12.6. The molecule has 118 valence electrons. The van der Waals surface area contributed by atoms with Crippen molar-refractivity contribution in [1.29, 1.82) is 5.26 Å². The van der Waals surface area contributed by atoms with E-state index in [1.165, 1.54) is 0 Å². The highest BCUT2D eigenvalue weighted by atomic mass is 16.3. The van der Waals surface area contributed by atoms with Crippen LogP contribution in [0, 0.1) is 11.3 Å². The van der Waals surface area contributed by atoms with Gasteiger partial charge in [-0.05, 0) is 49.6 Å². The van der Waals surface area contributed by atoms with E-state index < -0.39 is 0 Å². The second-order valence-electron chi connectivity index (χ2n) is 5.80. The molecule has 0 radical (unpaired) electrons. The quantitative estimate of drug-likeness (QED) is 0.917. The summed E-state index contributed by atoms with van der Waals surface area (Å²) in [6, 6.07) is 13.2. The summed E-state index contributed by atoms with van der Waals surface area (Å²) in [7, 11) is 0. The minimum absolute atomic E-state index is 0.0945. The van der Waals surface area contributed by atoms with Gasteiger partial charge in [0.2, 0.25) is 0 Å². The first kappa shape index (κ1) is 15.2. The lowest BCUT2D eigenvalue weighted by Gasteiger charge is -2.28. The average molecular weight is 309 g/mol. The highest BCUT2D eigenvalue weighted by Crippen LogP contribution is 2.34. The van der Waals surface area contributed by atoms with Crippen LogP contribution in [0.25, 0.3) is 0 Å². The molecule has 1 atom stereocenters. The van der Waals surface area contributed by atoms with Crippen molar-refractivity contribution < 1.29 is 9.21 Å². The number of urea groups is 1. The summed E-state index contributed by atoms with van der Waals surface area (Å²) in [4.78, 5) is 14.5. The standard InChI is InChI=1S/C18H19N3O2/c1-13(17-6-3-9-23-17)21(16-7-8-16)18(22)20-12-15-5-2-4-14(10-15)11-19/h2-6,9-10,13,16H,7-8,12H2,1H3,(H,20,22)/t13-/m1/s1. The maximum Gasteiger partial charge on any atom is 0.318 e. The van der Waals surface area contributed by atoms with Gasteiger partial charge in [-0.25, -0.2) is 4.79 Å². The zero-order valence-corrected chi connectivity index (χ0v) is 13.0. The van der Waals surface area contributed by atoms with E-state index in [2.05, 4.69) is 11.4 Å². The van der Waals surface area contributed by atoms with Crippen molar-refractivity contribution in [2.45, 2.75) is 38.4 Å². The smallest absolute Gasteiger partial charge is 0.318 e. The third-order valence-corrected chi connectivity index (χ3v) is 4.05. The van der Waals surface area contributed by atoms with Crippen molar-refractivity contribution in [1.82, 2.24) is 10.2 Å². The Morgan fingerprint density at radius 1 is 1.43 bits per heavy atom. The lowest BCUT2D eigenvalue weighted by Crippen LogP contribution is -2.42. The molecule has 1 heterocycles. The van der Waals surface area contributed by atoms with Crippen molar-refractivity contribution in [3.8, 4) is 6.07 Å². The summed E-state index contributed by atoms with van der Waals surface area (Å²) in [6.07, 6.45) is 3.69. The van der Waals surface area contributed by atoms with Gasteiger partial charge in [0.15, 0.2) is 0 Å². The maximum atomic E-state index is 12.6. The summed E-state index contributed by atoms with van der Waals surface area (Å²) in [5.41, 5.74) is 1.51. The Kier molecular flexibility index (Phi) is 4.33. The summed E-state index contributed by atoms with van der Waals surface area (Å²) in [6.45, 7) is 2.38. The molecule has 5 heteroatoms. The Balaban J connectivity index is 1.66. The molecule has 1 aliphatic carbocycles. The fourth-order valence-corrected chi connectivity index (χ4v) is 2.70. The first-order valence-electron chi connectivity index (χ1n) is 7.77. The molecule has 0 saturated heterocycles. The molecule has 2 aromatic rings. The van der Waals surface area contributed by atoms with E-state index in [0.29, 0.717) is 12.1 Å². The highest BCUT2D eigenvalue weighted by Gasteiger charge is 2.37. The van der Waals surface area contributed by atoms with Gasteiger partial charge in [-0.2, -0.15) is 5.26 Å². The monoisotopic (exact) mass is 309 g/mol. The second kappa shape index (κ2) is 6.57. The summed E-state index contributed by atoms with van der Waals surface area (Å²) in [5.74, 6) is 0.790. The van der Waals surface area contributed by atoms with Crippen LogP contribution in [0.5, 0.6) is 0 Å². The van der Waals surface area contributed by atoms with Crippen LogP contribution in [0.15, 0.2) is 47.1 Å². The molecule has 23 heavy (non-hydrogen) atoms. The van der Waals surface area contributed by atoms with E-state index in [1.807, 2.05) is 36.1 Å². The number of rotatable bonds is 5. The molecule has 0 aliphatic heterocycles. The predicted molar refractivity (Wildman–Crippen MR) is 85.4 cm³/mol. The molecule has 1 aromatic heterocycles. The van der Waals surface area contributed by atoms with Crippen molar-refractivity contribution >= 4 is 6.03 Å². The lowest BCUT2D eigenvalue weighted by atomic mass is 10.1. The van der Waals surface area contributed by atoms with Gasteiger partial charge in [-0.15, -0.1) is 0 Å². The molecular formula is C18H19N3O2. The number of amides is 2. The first-order valence-corrected chi connectivity index (χ1v) is 7.77. The van der Waals surface area contributed by atoms with E-state index >= 15 is 0 Å². The summed E-state index contributed by atoms with van der Waals surface area (Å²) < 4.78 is 5.44. The third kappa shape index (κ3) is 3.54. The Bertz CT molecular complexity index is 714. The molecule has 1 fully saturated rings. The molecule has 0 bridgehead atoms. The van der Waals surface area contributed by atoms with E-state index in [-0.39, 0.29) is 18.1 Å². The van der Waals surface area contributed by atoms with Gasteiger partial charge in [-0.1, -0.05) is 12.1 Å². The van der Waals surface area contributed by atoms with Crippen LogP contribution >= 0.6 is 0 Å². The second-order valence-corrected chi connectivity index (χ2v) is 5.80. The zero-order valence-electron chi connectivity index (χ0n) is 13.0. The Hall–Kier alpha value is -2.74. The number of benzene rings is 1. The molecule has 1 N–H and O–H groups in total. The zero-order chi connectivity index (χ0) is 16.2. The number of nitrogens with zero attached hydrogens (tertiary/aromatic N) is 2. The van der Waals surface area contributed by atoms with Gasteiger partial charge in [0.1, 0.15) is 5.76 Å². The van der Waals surface area contributed by atoms with Crippen LogP contribution < -0.4 is 5.32 Å². The number of hydrogen-bond donors (Lipinski definition) is 1. The van der Waals surface area contributed by atoms with Gasteiger partial charge in [0.05, 0.1) is 23.9 Å². The van der Waals surface area contributed by atoms with E-state index in [4.69, 9.17) is 9.68 Å². The van der Waals surface area contributed by atoms with Crippen molar-refractivity contribution in [2.24, 2.45) is 0 Å². The molecule has 2 amide bonds. The number of carbonyl (C=O) groups excluding carboxylic acids is 1. The Morgan fingerprint density at radius 3 is 2.91 bits per heavy atom. The number of carbonyl (C=O) groups is 1. The van der Waals surface area contributed by atoms with Crippen molar-refractivity contribution in [2.75, 3.05) is 0 Å². The summed E-state index contributed by atoms with van der Waals surface area (Å²) >= 11 is 0. The van der Waals surface area contributed by atoms with E-state index in [9.17, 15) is 4.79 Å². The minimum atomic E-state index is -0.0984. The number of nitriles is 1. The number of hydrogen-bond acceptors (Lipinski definition) is 3. The van der Waals surface area contributed by atoms with Crippen LogP contribution in [0.1, 0.15) is 42.7 Å². The first-order chi connectivity index (χ1) is 11.2. The minimum Gasteiger partial charge on any atom is -0.467 e. The molecule has 3 rings (SSSR count). The van der Waals surface area contributed by atoms with Crippen molar-refractivity contribution in [3.63, 3.8) is 0 Å².